The number of rotatable bonds is 5. The number of para-hydroxylation sites is 1. The summed E-state index contributed by atoms with van der Waals surface area (Å²) in [6, 6.07) is 9.82. The molecular weight excluding hydrogens is 324 g/mol. The Morgan fingerprint density at radius 2 is 2.21 bits per heavy atom. The Bertz CT molecular complexity index is 910. The molecule has 8 heteroatoms. The lowest BCUT2D eigenvalue weighted by Crippen LogP contribution is -2.15. The van der Waals surface area contributed by atoms with E-state index in [0.29, 0.717) is 0 Å². The smallest absolute Gasteiger partial charge is 0.204 e. The number of hydrogen-bond acceptors (Lipinski definition) is 6. The molecule has 0 aliphatic carbocycles. The second kappa shape index (κ2) is 5.97. The summed E-state index contributed by atoms with van der Waals surface area (Å²) in [6.07, 6.45) is 1.51. The van der Waals surface area contributed by atoms with Gasteiger partial charge in [0, 0.05) is 11.9 Å². The first-order valence-electron chi connectivity index (χ1n) is 7.42. The number of nitrogens with zero attached hydrogens (tertiary/aromatic N) is 4. The highest BCUT2D eigenvalue weighted by Crippen LogP contribution is 2.31. The molecule has 0 amide bonds. The van der Waals surface area contributed by atoms with Crippen LogP contribution in [0.15, 0.2) is 42.0 Å². The SMILES string of the molecule is COc1cccc2c1nc(NC(c1ncn[nH]1)c1cccs1)n2C. The van der Waals surface area contributed by atoms with Crippen molar-refractivity contribution in [2.24, 2.45) is 7.05 Å². The number of aromatic nitrogens is 5. The van der Waals surface area contributed by atoms with Gasteiger partial charge in [-0.1, -0.05) is 12.1 Å². The molecule has 4 rings (SSSR count). The van der Waals surface area contributed by atoms with Gasteiger partial charge in [0.25, 0.3) is 0 Å². The quantitative estimate of drug-likeness (QED) is 0.584. The highest BCUT2D eigenvalue weighted by Gasteiger charge is 2.21. The zero-order valence-electron chi connectivity index (χ0n) is 13.2. The zero-order chi connectivity index (χ0) is 16.5. The molecular formula is C16H16N6OS. The minimum Gasteiger partial charge on any atom is -0.494 e. The highest BCUT2D eigenvalue weighted by atomic mass is 32.1. The van der Waals surface area contributed by atoms with E-state index < -0.39 is 0 Å². The van der Waals surface area contributed by atoms with Crippen LogP contribution in [-0.4, -0.2) is 31.8 Å². The van der Waals surface area contributed by atoms with Crippen LogP contribution in [0.3, 0.4) is 0 Å². The number of nitrogens with one attached hydrogen (secondary N) is 2. The topological polar surface area (TPSA) is 80.7 Å². The number of thiophene rings is 1. The van der Waals surface area contributed by atoms with Crippen molar-refractivity contribution in [1.29, 1.82) is 0 Å². The van der Waals surface area contributed by atoms with Crippen LogP contribution in [0, 0.1) is 0 Å². The monoisotopic (exact) mass is 340 g/mol. The van der Waals surface area contributed by atoms with Crippen LogP contribution >= 0.6 is 11.3 Å². The van der Waals surface area contributed by atoms with E-state index in [1.807, 2.05) is 41.3 Å². The number of benzene rings is 1. The van der Waals surface area contributed by atoms with Crippen LogP contribution < -0.4 is 10.1 Å². The summed E-state index contributed by atoms with van der Waals surface area (Å²) in [4.78, 5) is 10.1. The molecule has 1 aromatic carbocycles. The minimum atomic E-state index is -0.144. The highest BCUT2D eigenvalue weighted by molar-refractivity contribution is 7.10. The molecule has 7 nitrogen and oxygen atoms in total. The van der Waals surface area contributed by atoms with Crippen molar-refractivity contribution in [2.75, 3.05) is 12.4 Å². The maximum atomic E-state index is 5.42. The maximum absolute atomic E-state index is 5.42. The fraction of sp³-hybridized carbons (Fsp3) is 0.188. The minimum absolute atomic E-state index is 0.144. The van der Waals surface area contributed by atoms with Crippen molar-refractivity contribution in [3.05, 3.63) is 52.7 Å². The molecule has 1 atom stereocenters. The first kappa shape index (κ1) is 14.7. The molecule has 0 saturated carbocycles. The summed E-state index contributed by atoms with van der Waals surface area (Å²) in [5, 5.41) is 12.4. The molecule has 4 aromatic rings. The molecule has 1 unspecified atom stereocenters. The van der Waals surface area contributed by atoms with Gasteiger partial charge in [-0.15, -0.1) is 11.3 Å². The van der Waals surface area contributed by atoms with Crippen molar-refractivity contribution in [2.45, 2.75) is 6.04 Å². The molecule has 3 heterocycles. The van der Waals surface area contributed by atoms with Crippen LogP contribution in [0.4, 0.5) is 5.95 Å². The van der Waals surface area contributed by atoms with E-state index in [0.717, 1.165) is 33.4 Å². The molecule has 0 radical (unpaired) electrons. The number of hydrogen-bond donors (Lipinski definition) is 2. The average Bonchev–Trinajstić information content (AvgIpc) is 3.35. The van der Waals surface area contributed by atoms with E-state index in [-0.39, 0.29) is 6.04 Å². The van der Waals surface area contributed by atoms with Gasteiger partial charge in [-0.05, 0) is 23.6 Å². The second-order valence-corrected chi connectivity index (χ2v) is 6.27. The third kappa shape index (κ3) is 2.41. The zero-order valence-corrected chi connectivity index (χ0v) is 14.0. The molecule has 122 valence electrons. The number of fused-ring (bicyclic) bond motifs is 1. The molecule has 0 bridgehead atoms. The average molecular weight is 340 g/mol. The Hall–Kier alpha value is -2.87. The van der Waals surface area contributed by atoms with E-state index in [2.05, 4.69) is 26.6 Å². The summed E-state index contributed by atoms with van der Waals surface area (Å²) >= 11 is 1.66. The van der Waals surface area contributed by atoms with Gasteiger partial charge in [0.05, 0.1) is 12.6 Å². The van der Waals surface area contributed by atoms with Crippen LogP contribution in [0.5, 0.6) is 5.75 Å². The van der Waals surface area contributed by atoms with Gasteiger partial charge >= 0.3 is 0 Å². The van der Waals surface area contributed by atoms with E-state index in [1.165, 1.54) is 6.33 Å². The summed E-state index contributed by atoms with van der Waals surface area (Å²) in [5.41, 5.74) is 1.83. The lowest BCUT2D eigenvalue weighted by molar-refractivity contribution is 0.419. The lowest BCUT2D eigenvalue weighted by Gasteiger charge is -2.15. The predicted molar refractivity (Wildman–Crippen MR) is 93.4 cm³/mol. The van der Waals surface area contributed by atoms with E-state index in [1.54, 1.807) is 18.4 Å². The first-order chi connectivity index (χ1) is 11.8. The number of methoxy groups -OCH3 is 1. The molecule has 0 aliphatic heterocycles. The number of anilines is 1. The number of aromatic amines is 1. The Morgan fingerprint density at radius 1 is 1.29 bits per heavy atom. The number of ether oxygens (including phenoxy) is 1. The van der Waals surface area contributed by atoms with Crippen molar-refractivity contribution < 1.29 is 4.74 Å². The molecule has 3 aromatic heterocycles. The summed E-state index contributed by atoms with van der Waals surface area (Å²) in [5.74, 6) is 2.24. The van der Waals surface area contributed by atoms with Crippen molar-refractivity contribution >= 4 is 28.3 Å². The molecule has 24 heavy (non-hydrogen) atoms. The fourth-order valence-electron chi connectivity index (χ4n) is 2.70. The van der Waals surface area contributed by atoms with Crippen molar-refractivity contribution in [3.63, 3.8) is 0 Å². The van der Waals surface area contributed by atoms with Crippen LogP contribution in [-0.2, 0) is 7.05 Å². The van der Waals surface area contributed by atoms with Gasteiger partial charge in [0.2, 0.25) is 5.95 Å². The first-order valence-corrected chi connectivity index (χ1v) is 8.30. The fourth-order valence-corrected chi connectivity index (χ4v) is 3.47. The largest absolute Gasteiger partial charge is 0.494 e. The third-order valence-corrected chi connectivity index (χ3v) is 4.84. The van der Waals surface area contributed by atoms with Gasteiger partial charge in [-0.2, -0.15) is 5.10 Å². The van der Waals surface area contributed by atoms with E-state index in [9.17, 15) is 0 Å². The van der Waals surface area contributed by atoms with Gasteiger partial charge in [0.1, 0.15) is 23.6 Å². The van der Waals surface area contributed by atoms with Gasteiger partial charge < -0.3 is 14.6 Å². The van der Waals surface area contributed by atoms with Crippen LogP contribution in [0.25, 0.3) is 11.0 Å². The van der Waals surface area contributed by atoms with Gasteiger partial charge in [0.15, 0.2) is 5.82 Å². The van der Waals surface area contributed by atoms with Gasteiger partial charge in [-0.3, -0.25) is 5.10 Å². The van der Waals surface area contributed by atoms with Crippen LogP contribution in [0.1, 0.15) is 16.7 Å². The van der Waals surface area contributed by atoms with Gasteiger partial charge in [-0.25, -0.2) is 9.97 Å². The summed E-state index contributed by atoms with van der Waals surface area (Å²) in [6.45, 7) is 0. The van der Waals surface area contributed by atoms with Crippen LogP contribution in [0.2, 0.25) is 0 Å². The van der Waals surface area contributed by atoms with E-state index in [4.69, 9.17) is 9.72 Å². The molecule has 0 aliphatic rings. The van der Waals surface area contributed by atoms with Crippen molar-refractivity contribution in [3.8, 4) is 5.75 Å². The molecule has 2 N–H and O–H groups in total. The normalized spacial score (nSPS) is 12.4. The number of imidazole rings is 1. The van der Waals surface area contributed by atoms with Crippen molar-refractivity contribution in [1.82, 2.24) is 24.7 Å². The Morgan fingerprint density at radius 3 is 2.92 bits per heavy atom. The second-order valence-electron chi connectivity index (χ2n) is 5.29. The Labute approximate surface area is 142 Å². The summed E-state index contributed by atoms with van der Waals surface area (Å²) in [7, 11) is 3.63. The maximum Gasteiger partial charge on any atom is 0.204 e. The summed E-state index contributed by atoms with van der Waals surface area (Å²) < 4.78 is 7.42. The molecule has 0 saturated heterocycles. The molecule has 0 fully saturated rings. The lowest BCUT2D eigenvalue weighted by atomic mass is 10.2. The predicted octanol–water partition coefficient (Wildman–Crippen LogP) is 2.96. The third-order valence-electron chi connectivity index (χ3n) is 3.90. The number of aryl methyl sites for hydroxylation is 1. The standard InChI is InChI=1S/C16H16N6OS/c1-22-10-5-3-6-11(23-2)13(10)19-16(22)20-14(12-7-4-8-24-12)15-17-9-18-21-15/h3-9,14H,1-2H3,(H,19,20)(H,17,18,21). The Kier molecular flexibility index (Phi) is 3.66. The van der Waals surface area contributed by atoms with E-state index >= 15 is 0 Å². The number of H-pyrrole nitrogens is 1. The molecule has 0 spiro atoms. The Balaban J connectivity index is 1.78.